The Balaban J connectivity index is 2.65. The highest BCUT2D eigenvalue weighted by atomic mass is 79.9. The van der Waals surface area contributed by atoms with Crippen LogP contribution in [0, 0.1) is 5.92 Å². The molecule has 1 amide bonds. The van der Waals surface area contributed by atoms with Gasteiger partial charge in [-0.2, -0.15) is 0 Å². The van der Waals surface area contributed by atoms with E-state index in [1.165, 1.54) is 0 Å². The number of aromatic nitrogens is 1. The quantitative estimate of drug-likeness (QED) is 0.815. The van der Waals surface area contributed by atoms with Crippen molar-refractivity contribution in [1.82, 2.24) is 9.88 Å². The van der Waals surface area contributed by atoms with E-state index in [0.29, 0.717) is 5.92 Å². The second-order valence-electron chi connectivity index (χ2n) is 4.63. The summed E-state index contributed by atoms with van der Waals surface area (Å²) in [7, 11) is 0. The minimum Gasteiger partial charge on any atom is -0.350 e. The third kappa shape index (κ3) is 4.16. The molecule has 0 saturated heterocycles. The predicted molar refractivity (Wildman–Crippen MR) is 78.8 cm³/mol. The summed E-state index contributed by atoms with van der Waals surface area (Å²) in [5.74, 6) is 0.605. The van der Waals surface area contributed by atoms with Gasteiger partial charge in [-0.15, -0.1) is 0 Å². The molecule has 18 heavy (non-hydrogen) atoms. The van der Waals surface area contributed by atoms with E-state index in [1.807, 2.05) is 16.8 Å². The van der Waals surface area contributed by atoms with Gasteiger partial charge in [-0.05, 0) is 34.3 Å². The van der Waals surface area contributed by atoms with Crippen molar-refractivity contribution < 1.29 is 4.79 Å². The Morgan fingerprint density at radius 1 is 1.39 bits per heavy atom. The standard InChI is InChI=1S/C14H23BrN2O/c1-4-7-17-10-12(15)8-13(17)14(18)16-9-11(5-2)6-3/h8,10-11H,4-7,9H2,1-3H3,(H,16,18). The minimum absolute atomic E-state index is 0.0288. The van der Waals surface area contributed by atoms with Crippen molar-refractivity contribution in [2.75, 3.05) is 6.54 Å². The summed E-state index contributed by atoms with van der Waals surface area (Å²) in [5.41, 5.74) is 0.745. The monoisotopic (exact) mass is 314 g/mol. The molecule has 0 saturated carbocycles. The van der Waals surface area contributed by atoms with Gasteiger partial charge in [0.25, 0.3) is 5.91 Å². The maximum atomic E-state index is 12.1. The van der Waals surface area contributed by atoms with E-state index >= 15 is 0 Å². The molecule has 1 N–H and O–H groups in total. The molecule has 0 fully saturated rings. The lowest BCUT2D eigenvalue weighted by Crippen LogP contribution is -2.30. The molecule has 0 bridgehead atoms. The normalized spacial score (nSPS) is 10.9. The number of amides is 1. The van der Waals surface area contributed by atoms with Gasteiger partial charge in [0.1, 0.15) is 5.69 Å². The summed E-state index contributed by atoms with van der Waals surface area (Å²) in [5, 5.41) is 3.03. The molecule has 0 aromatic carbocycles. The summed E-state index contributed by atoms with van der Waals surface area (Å²) in [6.45, 7) is 8.08. The van der Waals surface area contributed by atoms with Gasteiger partial charge in [0, 0.05) is 23.8 Å². The van der Waals surface area contributed by atoms with Crippen LogP contribution in [0.2, 0.25) is 0 Å². The average molecular weight is 315 g/mol. The molecule has 1 aromatic rings. The third-order valence-electron chi connectivity index (χ3n) is 3.27. The van der Waals surface area contributed by atoms with Gasteiger partial charge in [0.05, 0.1) is 0 Å². The molecule has 1 aromatic heterocycles. The molecular weight excluding hydrogens is 292 g/mol. The van der Waals surface area contributed by atoms with Crippen LogP contribution in [0.4, 0.5) is 0 Å². The molecule has 4 heteroatoms. The van der Waals surface area contributed by atoms with Crippen molar-refractivity contribution in [1.29, 1.82) is 0 Å². The molecule has 0 atom stereocenters. The lowest BCUT2D eigenvalue weighted by molar-refractivity contribution is 0.0937. The van der Waals surface area contributed by atoms with Gasteiger partial charge in [-0.3, -0.25) is 4.79 Å². The summed E-state index contributed by atoms with van der Waals surface area (Å²) in [6.07, 6.45) is 5.20. The maximum Gasteiger partial charge on any atom is 0.267 e. The van der Waals surface area contributed by atoms with E-state index in [-0.39, 0.29) is 5.91 Å². The Morgan fingerprint density at radius 2 is 2.06 bits per heavy atom. The summed E-state index contributed by atoms with van der Waals surface area (Å²) in [4.78, 5) is 12.1. The van der Waals surface area contributed by atoms with Crippen molar-refractivity contribution in [3.05, 3.63) is 22.4 Å². The van der Waals surface area contributed by atoms with E-state index in [4.69, 9.17) is 0 Å². The zero-order valence-corrected chi connectivity index (χ0v) is 13.1. The number of hydrogen-bond acceptors (Lipinski definition) is 1. The van der Waals surface area contributed by atoms with Gasteiger partial charge in [0.2, 0.25) is 0 Å². The molecule has 3 nitrogen and oxygen atoms in total. The number of hydrogen-bond donors (Lipinski definition) is 1. The van der Waals surface area contributed by atoms with Crippen molar-refractivity contribution in [2.45, 2.75) is 46.6 Å². The molecule has 0 aliphatic heterocycles. The topological polar surface area (TPSA) is 34.0 Å². The van der Waals surface area contributed by atoms with Crippen LogP contribution in [-0.4, -0.2) is 17.0 Å². The molecule has 0 aliphatic rings. The van der Waals surface area contributed by atoms with Crippen molar-refractivity contribution >= 4 is 21.8 Å². The second-order valence-corrected chi connectivity index (χ2v) is 5.55. The van der Waals surface area contributed by atoms with E-state index in [2.05, 4.69) is 42.0 Å². The average Bonchev–Trinajstić information content (AvgIpc) is 2.72. The fourth-order valence-corrected chi connectivity index (χ4v) is 2.46. The largest absolute Gasteiger partial charge is 0.350 e. The Hall–Kier alpha value is -0.770. The number of nitrogens with one attached hydrogen (secondary N) is 1. The van der Waals surface area contributed by atoms with Gasteiger partial charge in [0.15, 0.2) is 0 Å². The van der Waals surface area contributed by atoms with Crippen molar-refractivity contribution in [3.8, 4) is 0 Å². The van der Waals surface area contributed by atoms with Crippen LogP contribution >= 0.6 is 15.9 Å². The Labute approximate surface area is 118 Å². The first-order valence-corrected chi connectivity index (χ1v) is 7.55. The highest BCUT2D eigenvalue weighted by Gasteiger charge is 2.13. The SMILES string of the molecule is CCCn1cc(Br)cc1C(=O)NCC(CC)CC. The lowest BCUT2D eigenvalue weighted by atomic mass is 10.0. The summed E-state index contributed by atoms with van der Waals surface area (Å²) >= 11 is 3.43. The van der Waals surface area contributed by atoms with Crippen LogP contribution in [-0.2, 0) is 6.54 Å². The summed E-state index contributed by atoms with van der Waals surface area (Å²) < 4.78 is 2.97. The number of carbonyl (C=O) groups excluding carboxylic acids is 1. The first kappa shape index (κ1) is 15.3. The van der Waals surface area contributed by atoms with Crippen LogP contribution < -0.4 is 5.32 Å². The first-order chi connectivity index (χ1) is 8.62. The first-order valence-electron chi connectivity index (χ1n) is 6.76. The maximum absolute atomic E-state index is 12.1. The highest BCUT2D eigenvalue weighted by molar-refractivity contribution is 9.10. The van der Waals surface area contributed by atoms with Gasteiger partial charge in [-0.25, -0.2) is 0 Å². The predicted octanol–water partition coefficient (Wildman–Crippen LogP) is 3.83. The van der Waals surface area contributed by atoms with Crippen LogP contribution in [0.15, 0.2) is 16.7 Å². The van der Waals surface area contributed by atoms with E-state index in [9.17, 15) is 4.79 Å². The third-order valence-corrected chi connectivity index (χ3v) is 3.70. The number of rotatable bonds is 7. The Morgan fingerprint density at radius 3 is 2.61 bits per heavy atom. The fraction of sp³-hybridized carbons (Fsp3) is 0.643. The van der Waals surface area contributed by atoms with Crippen LogP contribution in [0.1, 0.15) is 50.5 Å². The van der Waals surface area contributed by atoms with E-state index in [0.717, 1.165) is 42.5 Å². The highest BCUT2D eigenvalue weighted by Crippen LogP contribution is 2.16. The number of carbonyl (C=O) groups is 1. The van der Waals surface area contributed by atoms with Crippen LogP contribution in [0.5, 0.6) is 0 Å². The summed E-state index contributed by atoms with van der Waals surface area (Å²) in [6, 6.07) is 1.89. The molecular formula is C14H23BrN2O. The number of aryl methyl sites for hydroxylation is 1. The molecule has 1 rings (SSSR count). The molecule has 0 spiro atoms. The van der Waals surface area contributed by atoms with Crippen molar-refractivity contribution in [2.24, 2.45) is 5.92 Å². The van der Waals surface area contributed by atoms with Gasteiger partial charge in [-0.1, -0.05) is 33.6 Å². The second kappa shape index (κ2) is 7.62. The zero-order chi connectivity index (χ0) is 13.5. The minimum atomic E-state index is 0.0288. The van der Waals surface area contributed by atoms with Crippen LogP contribution in [0.25, 0.3) is 0 Å². The Bertz CT molecular complexity index is 383. The molecule has 1 heterocycles. The molecule has 0 aliphatic carbocycles. The van der Waals surface area contributed by atoms with Gasteiger partial charge >= 0.3 is 0 Å². The Kier molecular flexibility index (Phi) is 6.47. The molecule has 0 unspecified atom stereocenters. The van der Waals surface area contributed by atoms with Gasteiger partial charge < -0.3 is 9.88 Å². The number of halogens is 1. The van der Waals surface area contributed by atoms with E-state index in [1.54, 1.807) is 0 Å². The molecule has 0 radical (unpaired) electrons. The van der Waals surface area contributed by atoms with E-state index < -0.39 is 0 Å². The molecule has 102 valence electrons. The zero-order valence-electron chi connectivity index (χ0n) is 11.5. The lowest BCUT2D eigenvalue weighted by Gasteiger charge is -2.14. The van der Waals surface area contributed by atoms with Crippen molar-refractivity contribution in [3.63, 3.8) is 0 Å². The van der Waals surface area contributed by atoms with Crippen LogP contribution in [0.3, 0.4) is 0 Å². The smallest absolute Gasteiger partial charge is 0.267 e. The fourth-order valence-electron chi connectivity index (χ4n) is 2.00. The number of nitrogens with zero attached hydrogens (tertiary/aromatic N) is 1.